The Kier molecular flexibility index (Phi) is 7.85. The second-order valence-corrected chi connectivity index (χ2v) is 13.6. The van der Waals surface area contributed by atoms with Crippen LogP contribution in [0.5, 0.6) is 0 Å². The summed E-state index contributed by atoms with van der Waals surface area (Å²) < 4.78 is 0. The fourth-order valence-electron chi connectivity index (χ4n) is 6.10. The molecular weight excluding hydrogens is 546 g/mol. The molecule has 3 aromatic carbocycles. The third-order valence-corrected chi connectivity index (χ3v) is 9.54. The van der Waals surface area contributed by atoms with Crippen LogP contribution in [0.1, 0.15) is 66.0 Å². The number of anilines is 1. The number of allylic oxidation sites excluding steroid dienone is 3. The smallest absolute Gasteiger partial charge is 0.162 e. The molecule has 0 spiro atoms. The number of hydrogen-bond donors (Lipinski definition) is 1. The SMILES string of the molecule is Cc1ccc(SCc2cc(C3C(C#N)=C(N)N(c4cc(Cl)ccc4C)C4=C3C(=O)CC(C)(C)C4)c(C)cc2C)cc1. The largest absolute Gasteiger partial charge is 0.384 e. The number of Topliss-reactive ketones (excluding diaryl/α,β-unsaturated/α-hetero) is 1. The molecule has 0 saturated heterocycles. The summed E-state index contributed by atoms with van der Waals surface area (Å²) in [6, 6.07) is 21.0. The first kappa shape index (κ1) is 29.0. The van der Waals surface area contributed by atoms with Gasteiger partial charge in [0.25, 0.3) is 0 Å². The van der Waals surface area contributed by atoms with E-state index in [1.54, 1.807) is 11.8 Å². The molecule has 0 radical (unpaired) electrons. The summed E-state index contributed by atoms with van der Waals surface area (Å²) in [6.07, 6.45) is 1.08. The van der Waals surface area contributed by atoms with Crippen molar-refractivity contribution in [3.05, 3.63) is 116 Å². The highest BCUT2D eigenvalue weighted by molar-refractivity contribution is 7.98. The van der Waals surface area contributed by atoms with Gasteiger partial charge in [-0.05, 0) is 91.6 Å². The molecule has 0 saturated carbocycles. The van der Waals surface area contributed by atoms with Crippen LogP contribution in [0.15, 0.2) is 82.2 Å². The van der Waals surface area contributed by atoms with E-state index in [1.165, 1.54) is 21.6 Å². The van der Waals surface area contributed by atoms with Gasteiger partial charge in [0.05, 0.1) is 23.2 Å². The summed E-state index contributed by atoms with van der Waals surface area (Å²) in [5.74, 6) is 0.707. The highest BCUT2D eigenvalue weighted by atomic mass is 35.5. The van der Waals surface area contributed by atoms with Gasteiger partial charge in [-0.1, -0.05) is 61.3 Å². The maximum absolute atomic E-state index is 14.0. The van der Waals surface area contributed by atoms with E-state index in [1.807, 2.05) is 30.0 Å². The molecule has 1 atom stereocenters. The lowest BCUT2D eigenvalue weighted by Crippen LogP contribution is -2.42. The Balaban J connectivity index is 1.68. The molecule has 41 heavy (non-hydrogen) atoms. The van der Waals surface area contributed by atoms with Crippen molar-refractivity contribution >= 4 is 34.8 Å². The van der Waals surface area contributed by atoms with Gasteiger partial charge in [0.15, 0.2) is 5.78 Å². The number of ketones is 1. The molecule has 1 aliphatic heterocycles. The second kappa shape index (κ2) is 11.1. The summed E-state index contributed by atoms with van der Waals surface area (Å²) in [6.45, 7) is 12.5. The quantitative estimate of drug-likeness (QED) is 0.305. The number of nitriles is 1. The Hall–Kier alpha value is -3.46. The Morgan fingerprint density at radius 2 is 1.71 bits per heavy atom. The van der Waals surface area contributed by atoms with Crippen LogP contribution in [0, 0.1) is 44.4 Å². The molecule has 1 heterocycles. The molecule has 2 N–H and O–H groups in total. The minimum Gasteiger partial charge on any atom is -0.384 e. The minimum atomic E-state index is -0.516. The Labute approximate surface area is 252 Å². The summed E-state index contributed by atoms with van der Waals surface area (Å²) in [5.41, 5.74) is 16.0. The third-order valence-electron chi connectivity index (χ3n) is 8.24. The van der Waals surface area contributed by atoms with Crippen molar-refractivity contribution in [2.75, 3.05) is 4.90 Å². The average Bonchev–Trinajstić information content (AvgIpc) is 2.90. The summed E-state index contributed by atoms with van der Waals surface area (Å²) in [4.78, 5) is 17.2. The van der Waals surface area contributed by atoms with Crippen molar-refractivity contribution in [2.45, 2.75) is 71.0 Å². The van der Waals surface area contributed by atoms with Gasteiger partial charge in [-0.25, -0.2) is 0 Å². The molecule has 3 aromatic rings. The second-order valence-electron chi connectivity index (χ2n) is 12.1. The van der Waals surface area contributed by atoms with E-state index in [2.05, 4.69) is 77.1 Å². The highest BCUT2D eigenvalue weighted by Gasteiger charge is 2.45. The molecule has 4 nitrogen and oxygen atoms in total. The van der Waals surface area contributed by atoms with Crippen molar-refractivity contribution in [3.8, 4) is 6.07 Å². The van der Waals surface area contributed by atoms with Gasteiger partial charge < -0.3 is 5.73 Å². The standard InChI is InChI=1S/C35H36ClN3OS/c1-20-7-11-26(12-8-20)41-19-24-14-27(23(4)13-22(24)3)32-28(18-37)34(38)39(29-15-25(36)10-9-21(29)2)30-16-35(5,6)17-31(40)33(30)32/h7-15,32H,16-17,19,38H2,1-6H3. The van der Waals surface area contributed by atoms with Gasteiger partial charge in [0.1, 0.15) is 5.82 Å². The third kappa shape index (κ3) is 5.56. The Bertz CT molecular complexity index is 1660. The number of halogens is 1. The first-order chi connectivity index (χ1) is 19.4. The first-order valence-corrected chi connectivity index (χ1v) is 15.3. The van der Waals surface area contributed by atoms with Gasteiger partial charge in [-0.3, -0.25) is 9.69 Å². The molecule has 6 heteroatoms. The predicted molar refractivity (Wildman–Crippen MR) is 170 cm³/mol. The number of thioether (sulfide) groups is 1. The van der Waals surface area contributed by atoms with Crippen LogP contribution in [0.3, 0.4) is 0 Å². The number of benzene rings is 3. The highest BCUT2D eigenvalue weighted by Crippen LogP contribution is 2.51. The van der Waals surface area contributed by atoms with Crippen molar-refractivity contribution in [1.29, 1.82) is 5.26 Å². The zero-order chi connectivity index (χ0) is 29.6. The number of aryl methyl sites for hydroxylation is 4. The van der Waals surface area contributed by atoms with Gasteiger partial charge in [0, 0.05) is 33.4 Å². The average molecular weight is 582 g/mol. The van der Waals surface area contributed by atoms with Crippen LogP contribution in [0.4, 0.5) is 5.69 Å². The van der Waals surface area contributed by atoms with Crippen molar-refractivity contribution < 1.29 is 4.79 Å². The lowest BCUT2D eigenvalue weighted by atomic mass is 9.68. The number of carbonyl (C=O) groups is 1. The van der Waals surface area contributed by atoms with Crippen molar-refractivity contribution in [3.63, 3.8) is 0 Å². The molecular formula is C35H36ClN3OS. The summed E-state index contributed by atoms with van der Waals surface area (Å²) in [7, 11) is 0. The fourth-order valence-corrected chi connectivity index (χ4v) is 7.22. The van der Waals surface area contributed by atoms with Gasteiger partial charge >= 0.3 is 0 Å². The van der Waals surface area contributed by atoms with Crippen LogP contribution < -0.4 is 10.6 Å². The number of nitrogens with two attached hydrogens (primary N) is 1. The molecule has 0 aromatic heterocycles. The van der Waals surface area contributed by atoms with Crippen LogP contribution in [0.25, 0.3) is 0 Å². The van der Waals surface area contributed by atoms with Gasteiger partial charge in [0.2, 0.25) is 0 Å². The van der Waals surface area contributed by atoms with E-state index in [4.69, 9.17) is 17.3 Å². The summed E-state index contributed by atoms with van der Waals surface area (Å²) >= 11 is 8.23. The molecule has 0 amide bonds. The molecule has 1 unspecified atom stereocenters. The molecule has 1 aliphatic carbocycles. The van der Waals surface area contributed by atoms with E-state index < -0.39 is 5.92 Å². The monoisotopic (exact) mass is 581 g/mol. The van der Waals surface area contributed by atoms with E-state index in [9.17, 15) is 10.1 Å². The van der Waals surface area contributed by atoms with Crippen molar-refractivity contribution in [1.82, 2.24) is 0 Å². The minimum absolute atomic E-state index is 0.0711. The topological polar surface area (TPSA) is 70.1 Å². The molecule has 210 valence electrons. The maximum atomic E-state index is 14.0. The van der Waals surface area contributed by atoms with Crippen molar-refractivity contribution in [2.24, 2.45) is 11.1 Å². The molecule has 5 rings (SSSR count). The molecule has 2 aliphatic rings. The van der Waals surface area contributed by atoms with Crippen LogP contribution in [0.2, 0.25) is 5.02 Å². The number of hydrogen-bond acceptors (Lipinski definition) is 5. The summed E-state index contributed by atoms with van der Waals surface area (Å²) in [5, 5.41) is 11.1. The normalized spacial score (nSPS) is 18.4. The van der Waals surface area contributed by atoms with E-state index in [-0.39, 0.29) is 11.2 Å². The Morgan fingerprint density at radius 1 is 1.00 bits per heavy atom. The van der Waals surface area contributed by atoms with Gasteiger partial charge in [-0.15, -0.1) is 11.8 Å². The molecule has 0 bridgehead atoms. The van der Waals surface area contributed by atoms with Crippen LogP contribution >= 0.6 is 23.4 Å². The molecule has 0 fully saturated rings. The van der Waals surface area contributed by atoms with Crippen LogP contribution in [-0.4, -0.2) is 5.78 Å². The zero-order valence-electron chi connectivity index (χ0n) is 24.6. The zero-order valence-corrected chi connectivity index (χ0v) is 26.1. The lowest BCUT2D eigenvalue weighted by Gasteiger charge is -2.44. The Morgan fingerprint density at radius 3 is 2.39 bits per heavy atom. The number of nitrogens with zero attached hydrogens (tertiary/aromatic N) is 2. The lowest BCUT2D eigenvalue weighted by molar-refractivity contribution is -0.118. The van der Waals surface area contributed by atoms with E-state index in [0.29, 0.717) is 34.8 Å². The van der Waals surface area contributed by atoms with E-state index >= 15 is 0 Å². The first-order valence-electron chi connectivity index (χ1n) is 13.9. The number of rotatable bonds is 5. The number of carbonyl (C=O) groups excluding carboxylic acids is 1. The van der Waals surface area contributed by atoms with Gasteiger partial charge in [-0.2, -0.15) is 5.26 Å². The predicted octanol–water partition coefficient (Wildman–Crippen LogP) is 8.81. The maximum Gasteiger partial charge on any atom is 0.162 e. The van der Waals surface area contributed by atoms with E-state index in [0.717, 1.165) is 33.8 Å². The fraction of sp³-hybridized carbons (Fsp3) is 0.314. The van der Waals surface area contributed by atoms with Crippen LogP contribution in [-0.2, 0) is 10.5 Å².